The number of rotatable bonds is 6. The molecule has 126 valence electrons. The summed E-state index contributed by atoms with van der Waals surface area (Å²) in [4.78, 5) is 23.4. The number of aromatic nitrogens is 2. The van der Waals surface area contributed by atoms with Crippen molar-refractivity contribution in [2.75, 3.05) is 13.7 Å². The van der Waals surface area contributed by atoms with Gasteiger partial charge in [0.25, 0.3) is 5.91 Å². The van der Waals surface area contributed by atoms with E-state index in [1.165, 1.54) is 13.2 Å². The zero-order valence-corrected chi connectivity index (χ0v) is 14.0. The first-order valence-electron chi connectivity index (χ1n) is 7.70. The van der Waals surface area contributed by atoms with Crippen molar-refractivity contribution in [1.82, 2.24) is 15.1 Å². The van der Waals surface area contributed by atoms with Crippen LogP contribution in [0.2, 0.25) is 0 Å². The maximum absolute atomic E-state index is 12.4. The van der Waals surface area contributed by atoms with Gasteiger partial charge < -0.3 is 10.1 Å². The molecular formula is C18H21N3O3. The quantitative estimate of drug-likeness (QED) is 0.653. The summed E-state index contributed by atoms with van der Waals surface area (Å²) < 4.78 is 6.27. The number of hydrogen-bond donors (Lipinski definition) is 1. The highest BCUT2D eigenvalue weighted by Gasteiger charge is 2.20. The predicted molar refractivity (Wildman–Crippen MR) is 91.1 cm³/mol. The zero-order valence-electron chi connectivity index (χ0n) is 14.0. The van der Waals surface area contributed by atoms with Gasteiger partial charge in [0, 0.05) is 12.6 Å². The second kappa shape index (κ2) is 8.10. The summed E-state index contributed by atoms with van der Waals surface area (Å²) in [6, 6.07) is 9.68. The lowest BCUT2D eigenvalue weighted by molar-refractivity contribution is -0.134. The van der Waals surface area contributed by atoms with Crippen LogP contribution in [0.4, 0.5) is 0 Å². The van der Waals surface area contributed by atoms with Crippen LogP contribution in [0.5, 0.6) is 0 Å². The van der Waals surface area contributed by atoms with Crippen LogP contribution in [0.25, 0.3) is 5.69 Å². The normalized spacial score (nSPS) is 11.0. The molecule has 0 unspecified atom stereocenters. The summed E-state index contributed by atoms with van der Waals surface area (Å²) in [6.07, 6.45) is 4.39. The molecule has 0 atom stereocenters. The third kappa shape index (κ3) is 4.10. The molecule has 24 heavy (non-hydrogen) atoms. The van der Waals surface area contributed by atoms with E-state index in [1.54, 1.807) is 17.0 Å². The number of benzene rings is 1. The van der Waals surface area contributed by atoms with E-state index in [0.717, 1.165) is 11.4 Å². The van der Waals surface area contributed by atoms with E-state index in [9.17, 15) is 9.59 Å². The summed E-state index contributed by atoms with van der Waals surface area (Å²) in [5.74, 6) is -0.557. The number of hydrogen-bond acceptors (Lipinski definition) is 4. The van der Waals surface area contributed by atoms with Crippen molar-refractivity contribution >= 4 is 11.9 Å². The highest BCUT2D eigenvalue weighted by Crippen LogP contribution is 2.22. The Morgan fingerprint density at radius 2 is 2.00 bits per heavy atom. The number of esters is 1. The molecule has 1 aromatic heterocycles. The van der Waals surface area contributed by atoms with Crippen molar-refractivity contribution < 1.29 is 14.3 Å². The van der Waals surface area contributed by atoms with Crippen molar-refractivity contribution in [2.24, 2.45) is 0 Å². The summed E-state index contributed by atoms with van der Waals surface area (Å²) in [6.45, 7) is 4.27. The molecule has 1 amide bonds. The monoisotopic (exact) mass is 327 g/mol. The molecule has 1 heterocycles. The second-order valence-corrected chi connectivity index (χ2v) is 5.48. The Labute approximate surface area is 141 Å². The topological polar surface area (TPSA) is 73.2 Å². The van der Waals surface area contributed by atoms with Crippen LogP contribution < -0.4 is 5.32 Å². The van der Waals surface area contributed by atoms with Gasteiger partial charge in [-0.3, -0.25) is 4.79 Å². The molecule has 0 aliphatic carbocycles. The largest absolute Gasteiger partial charge is 0.466 e. The fourth-order valence-corrected chi connectivity index (χ4v) is 2.33. The van der Waals surface area contributed by atoms with Crippen molar-refractivity contribution in [3.05, 3.63) is 59.9 Å². The van der Waals surface area contributed by atoms with Crippen molar-refractivity contribution in [3.63, 3.8) is 0 Å². The van der Waals surface area contributed by atoms with Gasteiger partial charge in [-0.2, -0.15) is 5.10 Å². The average Bonchev–Trinajstić information content (AvgIpc) is 3.04. The number of ether oxygens (including phenoxy) is 1. The van der Waals surface area contributed by atoms with E-state index < -0.39 is 5.97 Å². The second-order valence-electron chi connectivity index (χ2n) is 5.48. The maximum Gasteiger partial charge on any atom is 0.330 e. The molecule has 1 aromatic carbocycles. The number of carbonyl (C=O) groups excluding carboxylic acids is 2. The van der Waals surface area contributed by atoms with E-state index in [1.807, 2.05) is 44.2 Å². The minimum atomic E-state index is -0.455. The molecule has 2 rings (SSSR count). The van der Waals surface area contributed by atoms with E-state index in [-0.39, 0.29) is 18.4 Å². The number of methoxy groups -OCH3 is 1. The predicted octanol–water partition coefficient (Wildman–Crippen LogP) is 2.45. The fourth-order valence-electron chi connectivity index (χ4n) is 2.33. The van der Waals surface area contributed by atoms with Gasteiger partial charge in [-0.25, -0.2) is 9.48 Å². The van der Waals surface area contributed by atoms with Crippen LogP contribution in [0.15, 0.2) is 48.7 Å². The van der Waals surface area contributed by atoms with Gasteiger partial charge in [0.1, 0.15) is 0 Å². The fraction of sp³-hybridized carbons (Fsp3) is 0.278. The molecule has 6 heteroatoms. The summed E-state index contributed by atoms with van der Waals surface area (Å²) >= 11 is 0. The van der Waals surface area contributed by atoms with Gasteiger partial charge in [0.15, 0.2) is 0 Å². The van der Waals surface area contributed by atoms with Gasteiger partial charge >= 0.3 is 5.97 Å². The van der Waals surface area contributed by atoms with Crippen LogP contribution in [-0.4, -0.2) is 35.3 Å². The first-order chi connectivity index (χ1) is 11.5. The molecule has 0 aliphatic rings. The molecule has 0 saturated heterocycles. The molecule has 1 N–H and O–H groups in total. The van der Waals surface area contributed by atoms with Crippen molar-refractivity contribution in [3.8, 4) is 5.69 Å². The Kier molecular flexibility index (Phi) is 5.89. The lowest BCUT2D eigenvalue weighted by Gasteiger charge is -2.12. The molecule has 0 aliphatic heterocycles. The van der Waals surface area contributed by atoms with E-state index in [4.69, 9.17) is 0 Å². The molecular weight excluding hydrogens is 306 g/mol. The van der Waals surface area contributed by atoms with E-state index >= 15 is 0 Å². The minimum absolute atomic E-state index is 0.124. The van der Waals surface area contributed by atoms with Crippen LogP contribution >= 0.6 is 0 Å². The SMILES string of the molecule is COC(=O)/C=C/CNC(=O)c1cnn(-c2ccccc2)c1C(C)C. The Balaban J connectivity index is 2.18. The average molecular weight is 327 g/mol. The smallest absolute Gasteiger partial charge is 0.330 e. The lowest BCUT2D eigenvalue weighted by Crippen LogP contribution is -2.24. The van der Waals surface area contributed by atoms with Gasteiger partial charge in [-0.15, -0.1) is 0 Å². The minimum Gasteiger partial charge on any atom is -0.466 e. The summed E-state index contributed by atoms with van der Waals surface area (Å²) in [5.41, 5.74) is 2.28. The number of amides is 1. The van der Waals surface area contributed by atoms with E-state index in [2.05, 4.69) is 15.2 Å². The Bertz CT molecular complexity index is 733. The number of nitrogens with one attached hydrogen (secondary N) is 1. The van der Waals surface area contributed by atoms with Gasteiger partial charge in [-0.05, 0) is 18.1 Å². The highest BCUT2D eigenvalue weighted by atomic mass is 16.5. The number of carbonyl (C=O) groups is 2. The first kappa shape index (κ1) is 17.5. The Hall–Kier alpha value is -2.89. The maximum atomic E-state index is 12.4. The molecule has 0 radical (unpaired) electrons. The van der Waals surface area contributed by atoms with Gasteiger partial charge in [0.05, 0.1) is 30.3 Å². The number of para-hydroxylation sites is 1. The molecule has 0 fully saturated rings. The zero-order chi connectivity index (χ0) is 17.5. The molecule has 0 saturated carbocycles. The van der Waals surface area contributed by atoms with E-state index in [0.29, 0.717) is 5.56 Å². The number of nitrogens with zero attached hydrogens (tertiary/aromatic N) is 2. The van der Waals surface area contributed by atoms with Crippen molar-refractivity contribution in [1.29, 1.82) is 0 Å². The van der Waals surface area contributed by atoms with Crippen LogP contribution in [0, 0.1) is 0 Å². The van der Waals surface area contributed by atoms with Crippen LogP contribution in [0.3, 0.4) is 0 Å². The van der Waals surface area contributed by atoms with Crippen LogP contribution in [-0.2, 0) is 9.53 Å². The molecule has 2 aromatic rings. The van der Waals surface area contributed by atoms with Gasteiger partial charge in [-0.1, -0.05) is 38.1 Å². The third-order valence-electron chi connectivity index (χ3n) is 3.43. The van der Waals surface area contributed by atoms with Gasteiger partial charge in [0.2, 0.25) is 0 Å². The standard InChI is InChI=1S/C18H21N3O3/c1-13(2)17-15(18(23)19-11-7-10-16(22)24-3)12-20-21(17)14-8-5-4-6-9-14/h4-10,12-13H,11H2,1-3H3,(H,19,23)/b10-7+. The van der Waals surface area contributed by atoms with Crippen LogP contribution in [0.1, 0.15) is 35.8 Å². The highest BCUT2D eigenvalue weighted by molar-refractivity contribution is 5.95. The van der Waals surface area contributed by atoms with Crippen molar-refractivity contribution in [2.45, 2.75) is 19.8 Å². The lowest BCUT2D eigenvalue weighted by atomic mass is 10.1. The summed E-state index contributed by atoms with van der Waals surface area (Å²) in [7, 11) is 1.30. The molecule has 6 nitrogen and oxygen atoms in total. The third-order valence-corrected chi connectivity index (χ3v) is 3.43. The Morgan fingerprint density at radius 3 is 2.62 bits per heavy atom. The molecule has 0 bridgehead atoms. The molecule has 0 spiro atoms. The first-order valence-corrected chi connectivity index (χ1v) is 7.70. The Morgan fingerprint density at radius 1 is 1.29 bits per heavy atom. The summed E-state index contributed by atoms with van der Waals surface area (Å²) in [5, 5.41) is 7.11.